The third-order valence-electron chi connectivity index (χ3n) is 3.23. The first-order valence-corrected chi connectivity index (χ1v) is 5.67. The Bertz CT molecular complexity index is 436. The van der Waals surface area contributed by atoms with Crippen molar-refractivity contribution < 1.29 is 19.0 Å². The maximum absolute atomic E-state index is 13.9. The number of carboxylic acid groups (broad SMARTS) is 1. The fourth-order valence-corrected chi connectivity index (χ4v) is 1.81. The van der Waals surface area contributed by atoms with E-state index in [0.29, 0.717) is 11.3 Å². The monoisotopic (exact) mass is 255 g/mol. The number of benzene rings is 1. The van der Waals surface area contributed by atoms with E-state index in [0.717, 1.165) is 0 Å². The van der Waals surface area contributed by atoms with E-state index in [2.05, 4.69) is 0 Å². The molecule has 0 saturated carbocycles. The molecule has 4 nitrogen and oxygen atoms in total. The Labute approximate surface area is 106 Å². The van der Waals surface area contributed by atoms with Gasteiger partial charge in [0.2, 0.25) is 0 Å². The van der Waals surface area contributed by atoms with Crippen LogP contribution in [0.1, 0.15) is 25.5 Å². The first-order valence-electron chi connectivity index (χ1n) is 5.67. The van der Waals surface area contributed by atoms with Gasteiger partial charge in [-0.1, -0.05) is 6.07 Å². The van der Waals surface area contributed by atoms with Crippen molar-refractivity contribution in [3.05, 3.63) is 29.6 Å². The van der Waals surface area contributed by atoms with Crippen LogP contribution in [-0.4, -0.2) is 36.2 Å². The van der Waals surface area contributed by atoms with Crippen molar-refractivity contribution in [2.24, 2.45) is 0 Å². The minimum Gasteiger partial charge on any atom is -0.496 e. The molecule has 2 atom stereocenters. The van der Waals surface area contributed by atoms with Crippen molar-refractivity contribution >= 4 is 5.97 Å². The molecule has 18 heavy (non-hydrogen) atoms. The van der Waals surface area contributed by atoms with E-state index < -0.39 is 23.9 Å². The van der Waals surface area contributed by atoms with Gasteiger partial charge in [-0.25, -0.2) is 4.39 Å². The Morgan fingerprint density at radius 3 is 2.56 bits per heavy atom. The van der Waals surface area contributed by atoms with Gasteiger partial charge >= 0.3 is 5.97 Å². The van der Waals surface area contributed by atoms with E-state index in [1.165, 1.54) is 13.2 Å². The van der Waals surface area contributed by atoms with Gasteiger partial charge in [0.25, 0.3) is 0 Å². The highest BCUT2D eigenvalue weighted by Crippen LogP contribution is 2.31. The molecule has 0 saturated heterocycles. The minimum absolute atomic E-state index is 0.371. The maximum atomic E-state index is 13.9. The number of hydrogen-bond donors (Lipinski definition) is 1. The first-order chi connectivity index (χ1) is 8.40. The number of carbonyl (C=O) groups is 1. The minimum atomic E-state index is -0.945. The molecule has 1 aromatic carbocycles. The Hall–Kier alpha value is -1.62. The van der Waals surface area contributed by atoms with Crippen molar-refractivity contribution in [2.75, 3.05) is 14.2 Å². The van der Waals surface area contributed by atoms with Crippen LogP contribution in [-0.2, 0) is 4.79 Å². The standard InChI is InChI=1S/C13H18FNO3/c1-8(15(3)9(2)13(16)17)12-10(14)6-5-7-11(12)18-4/h5-9H,1-4H3,(H,16,17). The number of halogens is 1. The van der Waals surface area contributed by atoms with Crippen molar-refractivity contribution in [1.82, 2.24) is 4.90 Å². The van der Waals surface area contributed by atoms with Gasteiger partial charge in [-0.3, -0.25) is 9.69 Å². The number of ether oxygens (including phenoxy) is 1. The molecule has 0 heterocycles. The summed E-state index contributed by atoms with van der Waals surface area (Å²) in [5.41, 5.74) is 0.371. The zero-order valence-electron chi connectivity index (χ0n) is 11.0. The smallest absolute Gasteiger partial charge is 0.320 e. The molecule has 0 aliphatic heterocycles. The molecule has 0 bridgehead atoms. The average molecular weight is 255 g/mol. The van der Waals surface area contributed by atoms with Gasteiger partial charge in [-0.2, -0.15) is 0 Å². The van der Waals surface area contributed by atoms with Crippen LogP contribution in [0.2, 0.25) is 0 Å². The van der Waals surface area contributed by atoms with E-state index in [9.17, 15) is 9.18 Å². The van der Waals surface area contributed by atoms with Gasteiger partial charge in [0.1, 0.15) is 17.6 Å². The van der Waals surface area contributed by atoms with E-state index in [1.54, 1.807) is 37.9 Å². The second-order valence-electron chi connectivity index (χ2n) is 4.21. The molecule has 0 aliphatic carbocycles. The lowest BCUT2D eigenvalue weighted by Crippen LogP contribution is -2.38. The summed E-state index contributed by atoms with van der Waals surface area (Å²) in [4.78, 5) is 12.5. The van der Waals surface area contributed by atoms with Crippen LogP contribution >= 0.6 is 0 Å². The maximum Gasteiger partial charge on any atom is 0.320 e. The molecule has 1 rings (SSSR count). The highest BCUT2D eigenvalue weighted by atomic mass is 19.1. The van der Waals surface area contributed by atoms with Gasteiger partial charge in [-0.05, 0) is 33.0 Å². The molecule has 5 heteroatoms. The largest absolute Gasteiger partial charge is 0.496 e. The highest BCUT2D eigenvalue weighted by Gasteiger charge is 2.26. The van der Waals surface area contributed by atoms with Crippen LogP contribution in [0.15, 0.2) is 18.2 Å². The molecule has 1 aromatic rings. The first kappa shape index (κ1) is 14.4. The van der Waals surface area contributed by atoms with Crippen LogP contribution in [0.3, 0.4) is 0 Å². The predicted octanol–water partition coefficient (Wildman–Crippen LogP) is 2.30. The van der Waals surface area contributed by atoms with Crippen LogP contribution in [0.4, 0.5) is 4.39 Å². The summed E-state index contributed by atoms with van der Waals surface area (Å²) in [6.07, 6.45) is 0. The number of nitrogens with zero attached hydrogens (tertiary/aromatic N) is 1. The second kappa shape index (κ2) is 5.82. The lowest BCUT2D eigenvalue weighted by Gasteiger charge is -2.29. The number of hydrogen-bond acceptors (Lipinski definition) is 3. The third-order valence-corrected chi connectivity index (χ3v) is 3.23. The lowest BCUT2D eigenvalue weighted by molar-refractivity contribution is -0.142. The SMILES string of the molecule is COc1cccc(F)c1C(C)N(C)C(C)C(=O)O. The topological polar surface area (TPSA) is 49.8 Å². The molecule has 0 fully saturated rings. The molecule has 0 radical (unpaired) electrons. The third kappa shape index (κ3) is 2.79. The van der Waals surface area contributed by atoms with Crippen molar-refractivity contribution in [3.8, 4) is 5.75 Å². The molecular formula is C13H18FNO3. The summed E-state index contributed by atoms with van der Waals surface area (Å²) in [6.45, 7) is 3.31. The Kier molecular flexibility index (Phi) is 4.67. The van der Waals surface area contributed by atoms with E-state index >= 15 is 0 Å². The molecule has 0 amide bonds. The Morgan fingerprint density at radius 1 is 1.44 bits per heavy atom. The summed E-state index contributed by atoms with van der Waals surface area (Å²) >= 11 is 0. The normalized spacial score (nSPS) is 14.3. The number of carboxylic acids is 1. The van der Waals surface area contributed by atoms with Gasteiger partial charge < -0.3 is 9.84 Å². The molecule has 2 unspecified atom stereocenters. The molecule has 1 N–H and O–H groups in total. The summed E-state index contributed by atoms with van der Waals surface area (Å²) in [5, 5.41) is 8.98. The number of rotatable bonds is 5. The Morgan fingerprint density at radius 2 is 2.06 bits per heavy atom. The molecular weight excluding hydrogens is 237 g/mol. The highest BCUT2D eigenvalue weighted by molar-refractivity contribution is 5.72. The quantitative estimate of drug-likeness (QED) is 0.877. The second-order valence-corrected chi connectivity index (χ2v) is 4.21. The summed E-state index contributed by atoms with van der Waals surface area (Å²) in [7, 11) is 3.11. The molecule has 100 valence electrons. The zero-order chi connectivity index (χ0) is 13.9. The molecule has 0 aliphatic rings. The van der Waals surface area contributed by atoms with Gasteiger partial charge in [0.15, 0.2) is 0 Å². The number of aliphatic carboxylic acids is 1. The van der Waals surface area contributed by atoms with Crippen LogP contribution in [0, 0.1) is 5.82 Å². The van der Waals surface area contributed by atoms with Crippen LogP contribution in [0.25, 0.3) is 0 Å². The molecule has 0 aromatic heterocycles. The fraction of sp³-hybridized carbons (Fsp3) is 0.462. The van der Waals surface area contributed by atoms with E-state index in [-0.39, 0.29) is 0 Å². The Balaban J connectivity index is 3.10. The average Bonchev–Trinajstić information content (AvgIpc) is 2.35. The van der Waals surface area contributed by atoms with E-state index in [1.807, 2.05) is 0 Å². The predicted molar refractivity (Wildman–Crippen MR) is 66.2 cm³/mol. The van der Waals surface area contributed by atoms with Crippen molar-refractivity contribution in [2.45, 2.75) is 25.9 Å². The van der Waals surface area contributed by atoms with Crippen LogP contribution < -0.4 is 4.74 Å². The summed E-state index contributed by atoms with van der Waals surface area (Å²) < 4.78 is 19.0. The zero-order valence-corrected chi connectivity index (χ0v) is 11.0. The van der Waals surface area contributed by atoms with Gasteiger partial charge in [0.05, 0.1) is 7.11 Å². The van der Waals surface area contributed by atoms with Gasteiger partial charge in [0, 0.05) is 11.6 Å². The van der Waals surface area contributed by atoms with E-state index in [4.69, 9.17) is 9.84 Å². The van der Waals surface area contributed by atoms with Crippen molar-refractivity contribution in [1.29, 1.82) is 0 Å². The van der Waals surface area contributed by atoms with Crippen LogP contribution in [0.5, 0.6) is 5.75 Å². The van der Waals surface area contributed by atoms with Gasteiger partial charge in [-0.15, -0.1) is 0 Å². The molecule has 0 spiro atoms. The lowest BCUT2D eigenvalue weighted by atomic mass is 10.0. The summed E-state index contributed by atoms with van der Waals surface area (Å²) in [6, 6.07) is 3.46. The van der Waals surface area contributed by atoms with Crippen molar-refractivity contribution in [3.63, 3.8) is 0 Å². The summed E-state index contributed by atoms with van der Waals surface area (Å²) in [5.74, 6) is -0.919. The number of likely N-dealkylation sites (N-methyl/N-ethyl adjacent to an activating group) is 1. The fourth-order valence-electron chi connectivity index (χ4n) is 1.81. The number of methoxy groups -OCH3 is 1.